The number of carbonyl (C=O) groups excluding carboxylic acids is 1. The number of aliphatic hydroxyl groups excluding tert-OH is 1. The number of benzene rings is 1. The second-order valence-corrected chi connectivity index (χ2v) is 5.32. The highest BCUT2D eigenvalue weighted by atomic mass is 16.3. The second kappa shape index (κ2) is 7.51. The summed E-state index contributed by atoms with van der Waals surface area (Å²) in [6, 6.07) is 7.08. The summed E-state index contributed by atoms with van der Waals surface area (Å²) in [5.74, 6) is 0.489. The van der Waals surface area contributed by atoms with Crippen LogP contribution in [-0.4, -0.2) is 33.6 Å². The molecule has 0 aliphatic heterocycles. The lowest BCUT2D eigenvalue weighted by Crippen LogP contribution is -2.34. The van der Waals surface area contributed by atoms with Gasteiger partial charge in [-0.1, -0.05) is 19.9 Å². The van der Waals surface area contributed by atoms with Crippen LogP contribution in [0.15, 0.2) is 42.9 Å². The molecule has 0 fully saturated rings. The lowest BCUT2D eigenvalue weighted by Gasteiger charge is -2.15. The average Bonchev–Trinajstić information content (AvgIpc) is 2.53. The number of hydrogen-bond donors (Lipinski definition) is 3. The van der Waals surface area contributed by atoms with Gasteiger partial charge in [-0.25, -0.2) is 4.98 Å². The molecule has 1 heterocycles. The fourth-order valence-electron chi connectivity index (χ4n) is 1.78. The fourth-order valence-corrected chi connectivity index (χ4v) is 1.78. The molecule has 2 aromatic rings. The quantitative estimate of drug-likeness (QED) is 0.759. The second-order valence-electron chi connectivity index (χ2n) is 5.32. The molecule has 116 valence electrons. The van der Waals surface area contributed by atoms with Crippen LogP contribution < -0.4 is 10.6 Å². The first-order valence-electron chi connectivity index (χ1n) is 7.15. The van der Waals surface area contributed by atoms with E-state index >= 15 is 0 Å². The Morgan fingerprint density at radius 2 is 2.14 bits per heavy atom. The minimum atomic E-state index is -0.551. The Morgan fingerprint density at radius 1 is 1.32 bits per heavy atom. The van der Waals surface area contributed by atoms with Crippen molar-refractivity contribution in [1.82, 2.24) is 15.3 Å². The van der Waals surface area contributed by atoms with Crippen LogP contribution in [0, 0.1) is 5.92 Å². The van der Waals surface area contributed by atoms with Crippen LogP contribution in [0.25, 0.3) is 0 Å². The number of amides is 1. The molecule has 0 aliphatic rings. The number of hydrogen-bond acceptors (Lipinski definition) is 5. The number of carbonyl (C=O) groups is 1. The van der Waals surface area contributed by atoms with Crippen LogP contribution in [-0.2, 0) is 0 Å². The molecule has 2 rings (SSSR count). The molecular weight excluding hydrogens is 280 g/mol. The van der Waals surface area contributed by atoms with E-state index in [0.717, 1.165) is 5.69 Å². The molecule has 0 saturated heterocycles. The first-order valence-corrected chi connectivity index (χ1v) is 7.15. The minimum Gasteiger partial charge on any atom is -0.391 e. The highest BCUT2D eigenvalue weighted by Gasteiger charge is 2.12. The summed E-state index contributed by atoms with van der Waals surface area (Å²) < 4.78 is 0. The first kappa shape index (κ1) is 15.9. The number of nitrogens with one attached hydrogen (secondary N) is 2. The van der Waals surface area contributed by atoms with Crippen molar-refractivity contribution in [3.05, 3.63) is 48.4 Å². The number of rotatable bonds is 6. The predicted molar refractivity (Wildman–Crippen MR) is 84.9 cm³/mol. The molecule has 6 heteroatoms. The predicted octanol–water partition coefficient (Wildman–Crippen LogP) is 1.97. The van der Waals surface area contributed by atoms with Crippen molar-refractivity contribution in [2.24, 2.45) is 5.92 Å². The van der Waals surface area contributed by atoms with Crippen molar-refractivity contribution < 1.29 is 9.90 Å². The summed E-state index contributed by atoms with van der Waals surface area (Å²) in [6.45, 7) is 4.04. The molecule has 1 aromatic carbocycles. The fraction of sp³-hybridized carbons (Fsp3) is 0.312. The smallest absolute Gasteiger partial charge is 0.251 e. The van der Waals surface area contributed by atoms with Gasteiger partial charge in [-0.3, -0.25) is 9.78 Å². The molecule has 0 bridgehead atoms. The molecule has 1 amide bonds. The average molecular weight is 300 g/mol. The SMILES string of the molecule is CC(C)C(O)CNC(=O)c1cccc(Nc2cnccn2)c1. The third-order valence-electron chi connectivity index (χ3n) is 3.20. The van der Waals surface area contributed by atoms with Gasteiger partial charge in [0.25, 0.3) is 5.91 Å². The van der Waals surface area contributed by atoms with Crippen molar-refractivity contribution in [1.29, 1.82) is 0 Å². The van der Waals surface area contributed by atoms with E-state index in [1.165, 1.54) is 0 Å². The van der Waals surface area contributed by atoms with Gasteiger partial charge in [0.1, 0.15) is 5.82 Å². The lowest BCUT2D eigenvalue weighted by molar-refractivity contribution is 0.0871. The summed E-state index contributed by atoms with van der Waals surface area (Å²) in [5, 5.41) is 15.5. The van der Waals surface area contributed by atoms with Crippen molar-refractivity contribution in [3.8, 4) is 0 Å². The Morgan fingerprint density at radius 3 is 2.82 bits per heavy atom. The van der Waals surface area contributed by atoms with Gasteiger partial charge in [-0.15, -0.1) is 0 Å². The third-order valence-corrected chi connectivity index (χ3v) is 3.20. The van der Waals surface area contributed by atoms with Crippen LogP contribution in [0.5, 0.6) is 0 Å². The standard InChI is InChI=1S/C16H20N4O2/c1-11(2)14(21)9-19-16(22)12-4-3-5-13(8-12)20-15-10-17-6-7-18-15/h3-8,10-11,14,21H,9H2,1-2H3,(H,18,20)(H,19,22). The van der Waals surface area contributed by atoms with Gasteiger partial charge in [0.2, 0.25) is 0 Å². The molecule has 1 aromatic heterocycles. The summed E-state index contributed by atoms with van der Waals surface area (Å²) >= 11 is 0. The minimum absolute atomic E-state index is 0.102. The zero-order chi connectivity index (χ0) is 15.9. The summed E-state index contributed by atoms with van der Waals surface area (Å²) in [4.78, 5) is 20.2. The molecule has 3 N–H and O–H groups in total. The normalized spacial score (nSPS) is 12.0. The topological polar surface area (TPSA) is 87.1 Å². The zero-order valence-electron chi connectivity index (χ0n) is 12.7. The molecule has 0 spiro atoms. The molecular formula is C16H20N4O2. The summed E-state index contributed by atoms with van der Waals surface area (Å²) in [6.07, 6.45) is 4.23. The van der Waals surface area contributed by atoms with Crippen LogP contribution in [0.3, 0.4) is 0 Å². The highest BCUT2D eigenvalue weighted by molar-refractivity contribution is 5.95. The molecule has 0 aliphatic carbocycles. The van der Waals surface area contributed by atoms with Gasteiger partial charge in [-0.05, 0) is 24.1 Å². The Balaban J connectivity index is 2.00. The van der Waals surface area contributed by atoms with Gasteiger partial charge >= 0.3 is 0 Å². The Bertz CT molecular complexity index is 617. The summed E-state index contributed by atoms with van der Waals surface area (Å²) in [7, 11) is 0. The van der Waals surface area contributed by atoms with Crippen molar-refractivity contribution in [2.75, 3.05) is 11.9 Å². The molecule has 6 nitrogen and oxygen atoms in total. The van der Waals surface area contributed by atoms with Crippen LogP contribution >= 0.6 is 0 Å². The molecule has 1 atom stereocenters. The van der Waals surface area contributed by atoms with Gasteiger partial charge in [-0.2, -0.15) is 0 Å². The zero-order valence-corrected chi connectivity index (χ0v) is 12.7. The molecule has 0 saturated carbocycles. The van der Waals surface area contributed by atoms with Crippen molar-refractivity contribution in [2.45, 2.75) is 20.0 Å². The monoisotopic (exact) mass is 300 g/mol. The van der Waals surface area contributed by atoms with E-state index in [4.69, 9.17) is 0 Å². The molecule has 1 unspecified atom stereocenters. The van der Waals surface area contributed by atoms with E-state index < -0.39 is 6.10 Å². The lowest BCUT2D eigenvalue weighted by atomic mass is 10.1. The first-order chi connectivity index (χ1) is 10.6. The van der Waals surface area contributed by atoms with Crippen LogP contribution in [0.4, 0.5) is 11.5 Å². The largest absolute Gasteiger partial charge is 0.391 e. The number of aromatic nitrogens is 2. The number of aliphatic hydroxyl groups is 1. The van der Waals surface area contributed by atoms with Crippen LogP contribution in [0.1, 0.15) is 24.2 Å². The third kappa shape index (κ3) is 4.53. The van der Waals surface area contributed by atoms with E-state index in [1.807, 2.05) is 19.9 Å². The molecule has 22 heavy (non-hydrogen) atoms. The van der Waals surface area contributed by atoms with Crippen molar-refractivity contribution >= 4 is 17.4 Å². The van der Waals surface area contributed by atoms with Gasteiger partial charge in [0, 0.05) is 30.2 Å². The van der Waals surface area contributed by atoms with Crippen molar-refractivity contribution in [3.63, 3.8) is 0 Å². The summed E-state index contributed by atoms with van der Waals surface area (Å²) in [5.41, 5.74) is 1.27. The Hall–Kier alpha value is -2.47. The van der Waals surface area contributed by atoms with Gasteiger partial charge < -0.3 is 15.7 Å². The van der Waals surface area contributed by atoms with E-state index in [0.29, 0.717) is 11.4 Å². The number of nitrogens with zero attached hydrogens (tertiary/aromatic N) is 2. The van der Waals surface area contributed by atoms with E-state index in [-0.39, 0.29) is 18.4 Å². The van der Waals surface area contributed by atoms with E-state index in [2.05, 4.69) is 20.6 Å². The Labute approximate surface area is 129 Å². The maximum Gasteiger partial charge on any atom is 0.251 e. The van der Waals surface area contributed by atoms with E-state index in [9.17, 15) is 9.90 Å². The maximum atomic E-state index is 12.1. The highest BCUT2D eigenvalue weighted by Crippen LogP contribution is 2.15. The molecule has 0 radical (unpaired) electrons. The van der Waals surface area contributed by atoms with E-state index in [1.54, 1.807) is 36.8 Å². The van der Waals surface area contributed by atoms with Gasteiger partial charge in [0.05, 0.1) is 12.3 Å². The Kier molecular flexibility index (Phi) is 5.43. The number of anilines is 2. The van der Waals surface area contributed by atoms with Gasteiger partial charge in [0.15, 0.2) is 0 Å². The maximum absolute atomic E-state index is 12.1. The van der Waals surface area contributed by atoms with Crippen LogP contribution in [0.2, 0.25) is 0 Å².